The first kappa shape index (κ1) is 19.6. The van der Waals surface area contributed by atoms with Crippen molar-refractivity contribution in [3.05, 3.63) is 89.6 Å². The zero-order valence-electron chi connectivity index (χ0n) is 16.2. The molecule has 7 heteroatoms. The second-order valence-corrected chi connectivity index (χ2v) is 7.36. The van der Waals surface area contributed by atoms with E-state index in [4.69, 9.17) is 4.74 Å². The Balaban J connectivity index is 1.45. The summed E-state index contributed by atoms with van der Waals surface area (Å²) in [6.07, 6.45) is 0. The molecule has 2 amide bonds. The summed E-state index contributed by atoms with van der Waals surface area (Å²) in [6, 6.07) is 21.9. The molecular formula is C23H19N3O3S. The van der Waals surface area contributed by atoms with E-state index in [9.17, 15) is 9.59 Å². The molecule has 0 fully saturated rings. The average molecular weight is 417 g/mol. The number of benzene rings is 3. The van der Waals surface area contributed by atoms with E-state index in [-0.39, 0.29) is 11.8 Å². The number of methoxy groups -OCH3 is 1. The summed E-state index contributed by atoms with van der Waals surface area (Å²) in [5, 5.41) is 6.52. The first-order valence-electron chi connectivity index (χ1n) is 9.31. The number of carbonyl (C=O) groups excluding carboxylic acids is 2. The van der Waals surface area contributed by atoms with Gasteiger partial charge in [-0.05, 0) is 41.9 Å². The van der Waals surface area contributed by atoms with Gasteiger partial charge in [0.15, 0.2) is 0 Å². The number of ether oxygens (including phenoxy) is 1. The standard InChI is InChI=1S/C23H19N3O3S/c1-29-19-11-4-2-7-16(19)14-24-22(27)15-8-6-9-17(13-15)25-23(28)21-18-10-3-5-12-20(18)30-26-21/h2-13H,14H2,1H3,(H,24,27)(H,25,28). The fraction of sp³-hybridized carbons (Fsp3) is 0.0870. The molecule has 0 unspecified atom stereocenters. The molecule has 30 heavy (non-hydrogen) atoms. The maximum Gasteiger partial charge on any atom is 0.276 e. The van der Waals surface area contributed by atoms with Crippen LogP contribution in [0.5, 0.6) is 5.75 Å². The zero-order valence-corrected chi connectivity index (χ0v) is 17.0. The lowest BCUT2D eigenvalue weighted by Crippen LogP contribution is -2.23. The molecular weight excluding hydrogens is 398 g/mol. The number of para-hydroxylation sites is 1. The normalized spacial score (nSPS) is 10.6. The molecule has 0 aliphatic carbocycles. The maximum atomic E-state index is 12.7. The Labute approximate surface area is 177 Å². The third kappa shape index (κ3) is 4.16. The third-order valence-electron chi connectivity index (χ3n) is 4.61. The minimum Gasteiger partial charge on any atom is -0.496 e. The van der Waals surface area contributed by atoms with Crippen LogP contribution in [-0.2, 0) is 6.54 Å². The molecule has 1 aromatic heterocycles. The summed E-state index contributed by atoms with van der Waals surface area (Å²) in [7, 11) is 1.60. The summed E-state index contributed by atoms with van der Waals surface area (Å²) in [4.78, 5) is 25.3. The van der Waals surface area contributed by atoms with E-state index in [0.717, 1.165) is 15.6 Å². The Kier molecular flexibility index (Phi) is 5.72. The topological polar surface area (TPSA) is 80.3 Å². The summed E-state index contributed by atoms with van der Waals surface area (Å²) >= 11 is 1.28. The summed E-state index contributed by atoms with van der Waals surface area (Å²) < 4.78 is 10.5. The number of nitrogens with zero attached hydrogens (tertiary/aromatic N) is 1. The van der Waals surface area contributed by atoms with Gasteiger partial charge in [0.05, 0.1) is 11.8 Å². The van der Waals surface area contributed by atoms with Crippen molar-refractivity contribution in [3.8, 4) is 5.75 Å². The van der Waals surface area contributed by atoms with Gasteiger partial charge in [-0.3, -0.25) is 9.59 Å². The molecule has 4 rings (SSSR count). The highest BCUT2D eigenvalue weighted by Crippen LogP contribution is 2.23. The van der Waals surface area contributed by atoms with Crippen LogP contribution in [0.1, 0.15) is 26.4 Å². The Morgan fingerprint density at radius 2 is 1.77 bits per heavy atom. The monoisotopic (exact) mass is 417 g/mol. The minimum absolute atomic E-state index is 0.240. The SMILES string of the molecule is COc1ccccc1CNC(=O)c1cccc(NC(=O)c2nsc3ccccc23)c1. The van der Waals surface area contributed by atoms with Crippen molar-refractivity contribution in [2.24, 2.45) is 0 Å². The van der Waals surface area contributed by atoms with Crippen LogP contribution in [0.4, 0.5) is 5.69 Å². The van der Waals surface area contributed by atoms with Crippen molar-refractivity contribution in [1.82, 2.24) is 9.69 Å². The molecule has 150 valence electrons. The van der Waals surface area contributed by atoms with Crippen LogP contribution in [0.15, 0.2) is 72.8 Å². The summed E-state index contributed by atoms with van der Waals surface area (Å²) in [5.41, 5.74) is 2.24. The molecule has 6 nitrogen and oxygen atoms in total. The van der Waals surface area contributed by atoms with Gasteiger partial charge >= 0.3 is 0 Å². The number of amides is 2. The Morgan fingerprint density at radius 1 is 0.967 bits per heavy atom. The molecule has 4 aromatic rings. The predicted molar refractivity (Wildman–Crippen MR) is 118 cm³/mol. The second kappa shape index (κ2) is 8.75. The smallest absolute Gasteiger partial charge is 0.276 e. The highest BCUT2D eigenvalue weighted by molar-refractivity contribution is 7.13. The quantitative estimate of drug-likeness (QED) is 0.484. The van der Waals surface area contributed by atoms with Crippen LogP contribution in [0.3, 0.4) is 0 Å². The van der Waals surface area contributed by atoms with E-state index in [1.165, 1.54) is 11.5 Å². The number of nitrogens with one attached hydrogen (secondary N) is 2. The molecule has 0 atom stereocenters. The highest BCUT2D eigenvalue weighted by atomic mass is 32.1. The lowest BCUT2D eigenvalue weighted by atomic mass is 10.1. The number of fused-ring (bicyclic) bond motifs is 1. The molecule has 0 aliphatic heterocycles. The van der Waals surface area contributed by atoms with Gasteiger partial charge in [-0.15, -0.1) is 0 Å². The zero-order chi connectivity index (χ0) is 20.9. The molecule has 0 spiro atoms. The Hall–Kier alpha value is -3.71. The fourth-order valence-corrected chi connectivity index (χ4v) is 3.88. The second-order valence-electron chi connectivity index (χ2n) is 6.56. The molecule has 0 bridgehead atoms. The lowest BCUT2D eigenvalue weighted by Gasteiger charge is -2.10. The van der Waals surface area contributed by atoms with Gasteiger partial charge in [-0.1, -0.05) is 42.5 Å². The van der Waals surface area contributed by atoms with Crippen LogP contribution in [0, 0.1) is 0 Å². The number of rotatable bonds is 6. The van der Waals surface area contributed by atoms with E-state index in [2.05, 4.69) is 15.0 Å². The van der Waals surface area contributed by atoms with Gasteiger partial charge in [0.1, 0.15) is 11.4 Å². The van der Waals surface area contributed by atoms with Crippen LogP contribution >= 0.6 is 11.5 Å². The summed E-state index contributed by atoms with van der Waals surface area (Å²) in [5.74, 6) is 0.171. The van der Waals surface area contributed by atoms with Crippen LogP contribution in [0.25, 0.3) is 10.1 Å². The van der Waals surface area contributed by atoms with Crippen molar-refractivity contribution < 1.29 is 14.3 Å². The van der Waals surface area contributed by atoms with Gasteiger partial charge in [0.2, 0.25) is 0 Å². The first-order valence-corrected chi connectivity index (χ1v) is 10.1. The molecule has 0 saturated heterocycles. The van der Waals surface area contributed by atoms with Gasteiger partial charge in [-0.2, -0.15) is 4.37 Å². The van der Waals surface area contributed by atoms with E-state index in [1.807, 2.05) is 48.5 Å². The minimum atomic E-state index is -0.306. The molecule has 0 aliphatic rings. The Bertz CT molecular complexity index is 1220. The van der Waals surface area contributed by atoms with Crippen LogP contribution in [-0.4, -0.2) is 23.3 Å². The highest BCUT2D eigenvalue weighted by Gasteiger charge is 2.15. The van der Waals surface area contributed by atoms with Crippen molar-refractivity contribution in [3.63, 3.8) is 0 Å². The van der Waals surface area contributed by atoms with Gasteiger partial charge in [0, 0.05) is 28.7 Å². The molecule has 1 heterocycles. The molecule has 3 aromatic carbocycles. The number of hydrogen-bond acceptors (Lipinski definition) is 5. The lowest BCUT2D eigenvalue weighted by molar-refractivity contribution is 0.0949. The van der Waals surface area contributed by atoms with E-state index in [1.54, 1.807) is 31.4 Å². The fourth-order valence-electron chi connectivity index (χ4n) is 3.10. The van der Waals surface area contributed by atoms with Gasteiger partial charge < -0.3 is 15.4 Å². The Morgan fingerprint density at radius 3 is 2.63 bits per heavy atom. The van der Waals surface area contributed by atoms with Gasteiger partial charge in [0.25, 0.3) is 11.8 Å². The number of carbonyl (C=O) groups is 2. The maximum absolute atomic E-state index is 12.7. The molecule has 0 radical (unpaired) electrons. The third-order valence-corrected chi connectivity index (χ3v) is 5.43. The van der Waals surface area contributed by atoms with E-state index < -0.39 is 0 Å². The number of hydrogen-bond donors (Lipinski definition) is 2. The van der Waals surface area contributed by atoms with Crippen molar-refractivity contribution in [1.29, 1.82) is 0 Å². The summed E-state index contributed by atoms with van der Waals surface area (Å²) in [6.45, 7) is 0.338. The largest absolute Gasteiger partial charge is 0.496 e. The van der Waals surface area contributed by atoms with Crippen molar-refractivity contribution in [2.45, 2.75) is 6.54 Å². The molecule has 0 saturated carbocycles. The van der Waals surface area contributed by atoms with E-state index in [0.29, 0.717) is 29.2 Å². The predicted octanol–water partition coefficient (Wildman–Crippen LogP) is 4.49. The van der Waals surface area contributed by atoms with E-state index >= 15 is 0 Å². The number of aromatic nitrogens is 1. The first-order chi connectivity index (χ1) is 14.7. The van der Waals surface area contributed by atoms with Crippen LogP contribution in [0.2, 0.25) is 0 Å². The molecule has 2 N–H and O–H groups in total. The van der Waals surface area contributed by atoms with Crippen molar-refractivity contribution >= 4 is 39.1 Å². The van der Waals surface area contributed by atoms with Crippen molar-refractivity contribution in [2.75, 3.05) is 12.4 Å². The number of anilines is 1. The van der Waals surface area contributed by atoms with Crippen LogP contribution < -0.4 is 15.4 Å². The van der Waals surface area contributed by atoms with Gasteiger partial charge in [-0.25, -0.2) is 0 Å². The average Bonchev–Trinajstić information content (AvgIpc) is 3.22.